The summed E-state index contributed by atoms with van der Waals surface area (Å²) >= 11 is 0. The average Bonchev–Trinajstić information content (AvgIpc) is 2.60. The molecule has 6 nitrogen and oxygen atoms in total. The van der Waals surface area contributed by atoms with Gasteiger partial charge < -0.3 is 19.7 Å². The van der Waals surface area contributed by atoms with Crippen LogP contribution in [0.3, 0.4) is 0 Å². The van der Waals surface area contributed by atoms with Crippen LogP contribution in [0.5, 0.6) is 5.75 Å². The van der Waals surface area contributed by atoms with Gasteiger partial charge in [0.05, 0.1) is 0 Å². The molecule has 0 radical (unpaired) electrons. The van der Waals surface area contributed by atoms with Gasteiger partial charge in [-0.15, -0.1) is 0 Å². The third-order valence-corrected chi connectivity index (χ3v) is 6.72. The molecule has 0 saturated heterocycles. The second kappa shape index (κ2) is 9.61. The van der Waals surface area contributed by atoms with Crippen LogP contribution in [0.4, 0.5) is 4.79 Å². The fraction of sp³-hybridized carbons (Fsp3) is 0.650. The normalized spacial score (nSPS) is 17.8. The lowest BCUT2D eigenvalue weighted by Gasteiger charge is -2.26. The van der Waals surface area contributed by atoms with E-state index in [1.54, 1.807) is 12.1 Å². The SMILES string of the molecule is CC(C)(C)OC(=O)NCCc1ccc(OCP(=O)(O)C2CCCCC2)cc1. The highest BCUT2D eigenvalue weighted by molar-refractivity contribution is 7.58. The van der Waals surface area contributed by atoms with Crippen LogP contribution in [0.15, 0.2) is 24.3 Å². The number of hydrogen-bond acceptors (Lipinski definition) is 4. The Labute approximate surface area is 162 Å². The Bertz CT molecular complexity index is 647. The molecule has 1 saturated carbocycles. The second-order valence-corrected chi connectivity index (χ2v) is 10.6. The minimum absolute atomic E-state index is 0.121. The molecule has 2 N–H and O–H groups in total. The molecule has 0 bridgehead atoms. The first-order valence-electron chi connectivity index (χ1n) is 9.66. The first kappa shape index (κ1) is 21.8. The molecule has 1 aromatic rings. The molecule has 1 aliphatic carbocycles. The van der Waals surface area contributed by atoms with Gasteiger partial charge in [0.15, 0.2) is 6.35 Å². The highest BCUT2D eigenvalue weighted by Gasteiger charge is 2.32. The van der Waals surface area contributed by atoms with Gasteiger partial charge in [0.25, 0.3) is 0 Å². The van der Waals surface area contributed by atoms with E-state index in [1.807, 2.05) is 32.9 Å². The molecule has 0 spiro atoms. The zero-order valence-corrected chi connectivity index (χ0v) is 17.5. The van der Waals surface area contributed by atoms with Gasteiger partial charge in [0.1, 0.15) is 11.4 Å². The third-order valence-electron chi connectivity index (χ3n) is 4.57. The zero-order chi connectivity index (χ0) is 19.9. The molecule has 1 aromatic carbocycles. The molecule has 0 heterocycles. The lowest BCUT2D eigenvalue weighted by atomic mass is 10.0. The molecule has 7 heteroatoms. The Morgan fingerprint density at radius 1 is 1.19 bits per heavy atom. The van der Waals surface area contributed by atoms with Crippen molar-refractivity contribution in [1.82, 2.24) is 5.32 Å². The maximum atomic E-state index is 12.5. The highest BCUT2D eigenvalue weighted by atomic mass is 31.2. The summed E-state index contributed by atoms with van der Waals surface area (Å²) < 4.78 is 23.3. The van der Waals surface area contributed by atoms with Gasteiger partial charge in [-0.3, -0.25) is 4.57 Å². The first-order chi connectivity index (χ1) is 12.7. The summed E-state index contributed by atoms with van der Waals surface area (Å²) in [5.74, 6) is 0.587. The lowest BCUT2D eigenvalue weighted by molar-refractivity contribution is 0.0528. The number of carbonyl (C=O) groups excluding carboxylic acids is 1. The van der Waals surface area contributed by atoms with Crippen LogP contribution >= 0.6 is 7.37 Å². The van der Waals surface area contributed by atoms with Crippen LogP contribution in [0, 0.1) is 0 Å². The molecule has 0 aliphatic heterocycles. The van der Waals surface area contributed by atoms with Crippen molar-refractivity contribution < 1.29 is 23.7 Å². The molecule has 1 unspecified atom stereocenters. The fourth-order valence-electron chi connectivity index (χ4n) is 3.13. The van der Waals surface area contributed by atoms with Crippen molar-refractivity contribution in [2.75, 3.05) is 12.9 Å². The monoisotopic (exact) mass is 397 g/mol. The summed E-state index contributed by atoms with van der Waals surface area (Å²) in [6.07, 6.45) is 4.96. The Morgan fingerprint density at radius 2 is 1.81 bits per heavy atom. The maximum Gasteiger partial charge on any atom is 0.407 e. The van der Waals surface area contributed by atoms with Crippen LogP contribution in [0.1, 0.15) is 58.4 Å². The minimum atomic E-state index is -3.27. The summed E-state index contributed by atoms with van der Waals surface area (Å²) in [6, 6.07) is 7.39. The van der Waals surface area contributed by atoms with E-state index in [0.29, 0.717) is 18.7 Å². The van der Waals surface area contributed by atoms with Crippen LogP contribution in [-0.2, 0) is 15.7 Å². The molecule has 1 fully saturated rings. The standard InChI is InChI=1S/C20H32NO5P/c1-20(2,3)26-19(22)21-14-13-16-9-11-17(12-10-16)25-15-27(23,24)18-7-5-4-6-8-18/h9-12,18H,4-8,13-15H2,1-3H3,(H,21,22)(H,23,24). The Kier molecular flexibility index (Phi) is 7.75. The molecule has 0 aromatic heterocycles. The molecular weight excluding hydrogens is 365 g/mol. The van der Waals surface area contributed by atoms with E-state index in [2.05, 4.69) is 5.32 Å². The van der Waals surface area contributed by atoms with Crippen molar-refractivity contribution in [1.29, 1.82) is 0 Å². The second-order valence-electron chi connectivity index (χ2n) is 8.14. The van der Waals surface area contributed by atoms with Crippen LogP contribution in [0.2, 0.25) is 0 Å². The van der Waals surface area contributed by atoms with E-state index in [9.17, 15) is 14.3 Å². The molecule has 1 amide bonds. The van der Waals surface area contributed by atoms with Crippen molar-refractivity contribution in [3.05, 3.63) is 29.8 Å². The largest absolute Gasteiger partial charge is 0.484 e. The summed E-state index contributed by atoms with van der Waals surface area (Å²) in [4.78, 5) is 21.9. The summed E-state index contributed by atoms with van der Waals surface area (Å²) in [5.41, 5.74) is 0.412. The molecule has 152 valence electrons. The smallest absolute Gasteiger partial charge is 0.407 e. The van der Waals surface area contributed by atoms with E-state index in [1.165, 1.54) is 0 Å². The topological polar surface area (TPSA) is 84.9 Å². The van der Waals surface area contributed by atoms with Gasteiger partial charge in [-0.25, -0.2) is 4.79 Å². The van der Waals surface area contributed by atoms with Crippen LogP contribution < -0.4 is 10.1 Å². The summed E-state index contributed by atoms with van der Waals surface area (Å²) in [5, 5.41) is 2.72. The van der Waals surface area contributed by atoms with Gasteiger partial charge in [0.2, 0.25) is 7.37 Å². The van der Waals surface area contributed by atoms with Crippen molar-refractivity contribution in [3.63, 3.8) is 0 Å². The van der Waals surface area contributed by atoms with Crippen molar-refractivity contribution in [2.45, 2.75) is 70.6 Å². The number of hydrogen-bond donors (Lipinski definition) is 2. The number of carbonyl (C=O) groups is 1. The number of amides is 1. The highest BCUT2D eigenvalue weighted by Crippen LogP contribution is 2.51. The van der Waals surface area contributed by atoms with E-state index >= 15 is 0 Å². The number of ether oxygens (including phenoxy) is 2. The molecule has 1 atom stereocenters. The Hall–Kier alpha value is -1.52. The van der Waals surface area contributed by atoms with E-state index < -0.39 is 19.1 Å². The maximum absolute atomic E-state index is 12.5. The van der Waals surface area contributed by atoms with E-state index in [-0.39, 0.29) is 12.0 Å². The predicted molar refractivity (Wildman–Crippen MR) is 107 cm³/mol. The number of nitrogens with one attached hydrogen (secondary N) is 1. The minimum Gasteiger partial charge on any atom is -0.484 e. The van der Waals surface area contributed by atoms with Crippen LogP contribution in [0.25, 0.3) is 0 Å². The summed E-state index contributed by atoms with van der Waals surface area (Å²) in [7, 11) is -3.27. The van der Waals surface area contributed by atoms with Gasteiger partial charge in [-0.05, 0) is 57.7 Å². The third kappa shape index (κ3) is 7.94. The predicted octanol–water partition coefficient (Wildman–Crippen LogP) is 4.69. The van der Waals surface area contributed by atoms with Crippen molar-refractivity contribution >= 4 is 13.5 Å². The number of benzene rings is 1. The van der Waals surface area contributed by atoms with Gasteiger partial charge >= 0.3 is 6.09 Å². The molecule has 2 rings (SSSR count). The first-order valence-corrected chi connectivity index (χ1v) is 11.6. The van der Waals surface area contributed by atoms with E-state index in [4.69, 9.17) is 9.47 Å². The van der Waals surface area contributed by atoms with Gasteiger partial charge in [-0.2, -0.15) is 0 Å². The van der Waals surface area contributed by atoms with Crippen LogP contribution in [-0.4, -0.2) is 35.1 Å². The average molecular weight is 397 g/mol. The van der Waals surface area contributed by atoms with Gasteiger partial charge in [-0.1, -0.05) is 31.4 Å². The quantitative estimate of drug-likeness (QED) is 0.652. The van der Waals surface area contributed by atoms with Crippen molar-refractivity contribution in [3.8, 4) is 5.75 Å². The Morgan fingerprint density at radius 3 is 2.41 bits per heavy atom. The molecule has 1 aliphatic rings. The fourth-order valence-corrected chi connectivity index (χ4v) is 4.85. The lowest BCUT2D eigenvalue weighted by Crippen LogP contribution is -2.33. The molecule has 27 heavy (non-hydrogen) atoms. The number of alkyl carbamates (subject to hydrolysis) is 1. The summed E-state index contributed by atoms with van der Waals surface area (Å²) in [6.45, 7) is 5.95. The van der Waals surface area contributed by atoms with E-state index in [0.717, 1.165) is 37.7 Å². The van der Waals surface area contributed by atoms with Crippen molar-refractivity contribution in [2.24, 2.45) is 0 Å². The zero-order valence-electron chi connectivity index (χ0n) is 16.6. The number of rotatable bonds is 7. The Balaban J connectivity index is 1.74. The van der Waals surface area contributed by atoms with Gasteiger partial charge in [0, 0.05) is 12.2 Å². The molecular formula is C20H32NO5P.